The maximum absolute atomic E-state index is 12.1. The van der Waals surface area contributed by atoms with Crippen LogP contribution >= 0.6 is 0 Å². The molecule has 0 spiro atoms. The van der Waals surface area contributed by atoms with Gasteiger partial charge in [0.25, 0.3) is 0 Å². The van der Waals surface area contributed by atoms with E-state index >= 15 is 0 Å². The molecule has 2 aromatic rings. The Labute approximate surface area is 113 Å². The van der Waals surface area contributed by atoms with E-state index in [-0.39, 0.29) is 12.2 Å². The molecule has 1 aromatic carbocycles. The Bertz CT molecular complexity index is 630. The van der Waals surface area contributed by atoms with Gasteiger partial charge in [0, 0.05) is 11.8 Å². The molecule has 0 fully saturated rings. The van der Waals surface area contributed by atoms with Gasteiger partial charge >= 0.3 is 6.36 Å². The van der Waals surface area contributed by atoms with Crippen LogP contribution in [-0.4, -0.2) is 11.3 Å². The summed E-state index contributed by atoms with van der Waals surface area (Å²) in [5.41, 5.74) is 1.93. The summed E-state index contributed by atoms with van der Waals surface area (Å²) in [6.45, 7) is 0. The van der Waals surface area contributed by atoms with E-state index in [1.807, 2.05) is 6.07 Å². The Morgan fingerprint density at radius 1 is 1.15 bits per heavy atom. The number of rotatable bonds is 3. The van der Waals surface area contributed by atoms with Crippen LogP contribution < -0.4 is 4.74 Å². The van der Waals surface area contributed by atoms with Crippen molar-refractivity contribution in [3.63, 3.8) is 0 Å². The molecule has 0 radical (unpaired) electrons. The van der Waals surface area contributed by atoms with Crippen molar-refractivity contribution >= 4 is 0 Å². The molecule has 20 heavy (non-hydrogen) atoms. The van der Waals surface area contributed by atoms with Crippen LogP contribution in [-0.2, 0) is 6.42 Å². The molecule has 1 aromatic heterocycles. The largest absolute Gasteiger partial charge is 0.573 e. The van der Waals surface area contributed by atoms with Crippen molar-refractivity contribution in [1.29, 1.82) is 5.26 Å². The van der Waals surface area contributed by atoms with Gasteiger partial charge in [-0.2, -0.15) is 5.26 Å². The highest BCUT2D eigenvalue weighted by molar-refractivity contribution is 5.64. The molecule has 1 heterocycles. The van der Waals surface area contributed by atoms with Gasteiger partial charge in [0.15, 0.2) is 0 Å². The summed E-state index contributed by atoms with van der Waals surface area (Å²) in [7, 11) is 0. The second kappa shape index (κ2) is 5.61. The summed E-state index contributed by atoms with van der Waals surface area (Å²) in [5, 5.41) is 8.74. The Morgan fingerprint density at radius 3 is 2.45 bits per heavy atom. The van der Waals surface area contributed by atoms with Crippen LogP contribution in [0.3, 0.4) is 0 Å². The van der Waals surface area contributed by atoms with Crippen LogP contribution in [0, 0.1) is 11.3 Å². The van der Waals surface area contributed by atoms with Crippen molar-refractivity contribution in [2.75, 3.05) is 0 Å². The number of nitriles is 1. The van der Waals surface area contributed by atoms with Crippen LogP contribution in [0.4, 0.5) is 13.2 Å². The van der Waals surface area contributed by atoms with Crippen LogP contribution in [0.2, 0.25) is 0 Å². The number of alkyl halides is 3. The van der Waals surface area contributed by atoms with Crippen molar-refractivity contribution in [3.8, 4) is 23.1 Å². The zero-order chi connectivity index (χ0) is 14.6. The summed E-state index contributed by atoms with van der Waals surface area (Å²) in [4.78, 5) is 4.16. The van der Waals surface area contributed by atoms with E-state index in [1.165, 1.54) is 24.3 Å². The molecule has 0 bridgehead atoms. The monoisotopic (exact) mass is 278 g/mol. The van der Waals surface area contributed by atoms with E-state index in [1.54, 1.807) is 18.3 Å². The van der Waals surface area contributed by atoms with Crippen LogP contribution in [0.5, 0.6) is 5.75 Å². The third kappa shape index (κ3) is 3.48. The molecular weight excluding hydrogens is 269 g/mol. The number of pyridine rings is 1. The van der Waals surface area contributed by atoms with Gasteiger partial charge in [0.05, 0.1) is 18.2 Å². The first-order valence-corrected chi connectivity index (χ1v) is 5.66. The molecule has 0 aliphatic heterocycles. The second-order valence-electron chi connectivity index (χ2n) is 3.92. The number of halogens is 3. The highest BCUT2D eigenvalue weighted by Crippen LogP contribution is 2.27. The fourth-order valence-electron chi connectivity index (χ4n) is 1.74. The third-order valence-electron chi connectivity index (χ3n) is 2.52. The van der Waals surface area contributed by atoms with Gasteiger partial charge in [-0.25, -0.2) is 0 Å². The van der Waals surface area contributed by atoms with Gasteiger partial charge in [0.1, 0.15) is 5.75 Å². The lowest BCUT2D eigenvalue weighted by atomic mass is 10.0. The molecule has 102 valence electrons. The molecule has 0 saturated carbocycles. The molecule has 0 atom stereocenters. The molecule has 0 aliphatic rings. The number of nitrogens with zero attached hydrogens (tertiary/aromatic N) is 2. The standard InChI is InChI=1S/C14H9F3N2O/c15-14(16,17)20-12-5-3-11(4-6-12)13-10(7-8-18)2-1-9-19-13/h1-6,9H,7H2. The summed E-state index contributed by atoms with van der Waals surface area (Å²) < 4.78 is 40.0. The predicted molar refractivity (Wildman–Crippen MR) is 65.7 cm³/mol. The summed E-state index contributed by atoms with van der Waals surface area (Å²) in [5.74, 6) is -0.293. The highest BCUT2D eigenvalue weighted by Gasteiger charge is 2.30. The average Bonchev–Trinajstić information content (AvgIpc) is 2.39. The van der Waals surface area contributed by atoms with Gasteiger partial charge < -0.3 is 4.74 Å². The topological polar surface area (TPSA) is 45.9 Å². The predicted octanol–water partition coefficient (Wildman–Crippen LogP) is 3.71. The highest BCUT2D eigenvalue weighted by atomic mass is 19.4. The third-order valence-corrected chi connectivity index (χ3v) is 2.52. The number of hydrogen-bond acceptors (Lipinski definition) is 3. The van der Waals surface area contributed by atoms with E-state index in [0.717, 1.165) is 5.56 Å². The maximum Gasteiger partial charge on any atom is 0.573 e. The minimum atomic E-state index is -4.71. The number of ether oxygens (including phenoxy) is 1. The smallest absolute Gasteiger partial charge is 0.406 e. The fraction of sp³-hybridized carbons (Fsp3) is 0.143. The average molecular weight is 278 g/mol. The van der Waals surface area contributed by atoms with Crippen LogP contribution in [0.15, 0.2) is 42.6 Å². The van der Waals surface area contributed by atoms with E-state index in [4.69, 9.17) is 5.26 Å². The Kier molecular flexibility index (Phi) is 3.89. The first-order valence-electron chi connectivity index (χ1n) is 5.66. The van der Waals surface area contributed by atoms with Crippen molar-refractivity contribution in [2.24, 2.45) is 0 Å². The Hall–Kier alpha value is -2.55. The number of aromatic nitrogens is 1. The second-order valence-corrected chi connectivity index (χ2v) is 3.92. The fourth-order valence-corrected chi connectivity index (χ4v) is 1.74. The molecule has 0 aliphatic carbocycles. The lowest BCUT2D eigenvalue weighted by Gasteiger charge is -2.10. The number of benzene rings is 1. The molecule has 0 unspecified atom stereocenters. The van der Waals surface area contributed by atoms with Crippen molar-refractivity contribution in [3.05, 3.63) is 48.2 Å². The molecule has 0 amide bonds. The Balaban J connectivity index is 2.29. The zero-order valence-electron chi connectivity index (χ0n) is 10.2. The van der Waals surface area contributed by atoms with E-state index < -0.39 is 6.36 Å². The molecule has 0 N–H and O–H groups in total. The van der Waals surface area contributed by atoms with Crippen LogP contribution in [0.1, 0.15) is 5.56 Å². The van der Waals surface area contributed by atoms with E-state index in [9.17, 15) is 13.2 Å². The SMILES string of the molecule is N#CCc1cccnc1-c1ccc(OC(F)(F)F)cc1. The summed E-state index contributed by atoms with van der Waals surface area (Å²) in [6.07, 6.45) is -2.96. The quantitative estimate of drug-likeness (QED) is 0.859. The van der Waals surface area contributed by atoms with Crippen LogP contribution in [0.25, 0.3) is 11.3 Å². The van der Waals surface area contributed by atoms with Gasteiger partial charge in [-0.1, -0.05) is 6.07 Å². The molecule has 6 heteroatoms. The number of hydrogen-bond donors (Lipinski definition) is 0. The first kappa shape index (κ1) is 13.9. The summed E-state index contributed by atoms with van der Waals surface area (Å²) in [6, 6.07) is 10.9. The first-order chi connectivity index (χ1) is 9.49. The van der Waals surface area contributed by atoms with Crippen molar-refractivity contribution in [2.45, 2.75) is 12.8 Å². The lowest BCUT2D eigenvalue weighted by molar-refractivity contribution is -0.274. The van der Waals surface area contributed by atoms with Crippen molar-refractivity contribution in [1.82, 2.24) is 4.98 Å². The molecule has 2 rings (SSSR count). The lowest BCUT2D eigenvalue weighted by Crippen LogP contribution is -2.16. The maximum atomic E-state index is 12.1. The minimum Gasteiger partial charge on any atom is -0.406 e. The Morgan fingerprint density at radius 2 is 1.85 bits per heavy atom. The molecular formula is C14H9F3N2O. The van der Waals surface area contributed by atoms with Crippen molar-refractivity contribution < 1.29 is 17.9 Å². The van der Waals surface area contributed by atoms with E-state index in [2.05, 4.69) is 9.72 Å². The van der Waals surface area contributed by atoms with Gasteiger partial charge in [0.2, 0.25) is 0 Å². The van der Waals surface area contributed by atoms with Gasteiger partial charge in [-0.05, 0) is 35.9 Å². The zero-order valence-corrected chi connectivity index (χ0v) is 10.2. The summed E-state index contributed by atoms with van der Waals surface area (Å²) >= 11 is 0. The van der Waals surface area contributed by atoms with E-state index in [0.29, 0.717) is 11.3 Å². The normalized spacial score (nSPS) is 10.9. The molecule has 0 saturated heterocycles. The van der Waals surface area contributed by atoms with Gasteiger partial charge in [-0.3, -0.25) is 4.98 Å². The molecule has 3 nitrogen and oxygen atoms in total. The minimum absolute atomic E-state index is 0.184. The van der Waals surface area contributed by atoms with Gasteiger partial charge in [-0.15, -0.1) is 13.2 Å².